The molecule has 1 aliphatic heterocycles. The van der Waals surface area contributed by atoms with E-state index in [0.29, 0.717) is 31.5 Å². The fraction of sp³-hybridized carbons (Fsp3) is 0.400. The van der Waals surface area contributed by atoms with E-state index in [1.54, 1.807) is 29.2 Å². The molecule has 0 spiro atoms. The highest BCUT2D eigenvalue weighted by atomic mass is 16.5. The van der Waals surface area contributed by atoms with Gasteiger partial charge in [0.05, 0.1) is 31.1 Å². The summed E-state index contributed by atoms with van der Waals surface area (Å²) in [5, 5.41) is 8.72. The van der Waals surface area contributed by atoms with Crippen molar-refractivity contribution in [3.8, 4) is 6.07 Å². The number of hydrogen-bond donors (Lipinski definition) is 0. The molecule has 0 saturated carbocycles. The van der Waals surface area contributed by atoms with E-state index in [9.17, 15) is 9.59 Å². The molecule has 0 radical (unpaired) electrons. The largest absolute Gasteiger partial charge is 0.469 e. The summed E-state index contributed by atoms with van der Waals surface area (Å²) in [7, 11) is 1.36. The standard InChI is InChI=1S/C15H16N2O3/c1-20-15(19)13-6-7-17(10-13)14(18)8-11-2-4-12(9-16)5-3-11/h2-5,13H,6-8,10H2,1H3. The first-order chi connectivity index (χ1) is 9.63. The molecule has 1 atom stereocenters. The lowest BCUT2D eigenvalue weighted by molar-refractivity contribution is -0.145. The first-order valence-electron chi connectivity index (χ1n) is 6.48. The number of nitriles is 1. The summed E-state index contributed by atoms with van der Waals surface area (Å²) >= 11 is 0. The van der Waals surface area contributed by atoms with Crippen LogP contribution in [0.25, 0.3) is 0 Å². The molecule has 20 heavy (non-hydrogen) atoms. The van der Waals surface area contributed by atoms with Crippen LogP contribution < -0.4 is 0 Å². The third-order valence-corrected chi connectivity index (χ3v) is 3.51. The highest BCUT2D eigenvalue weighted by Gasteiger charge is 2.31. The second-order valence-electron chi connectivity index (χ2n) is 4.83. The van der Waals surface area contributed by atoms with Crippen molar-refractivity contribution in [1.82, 2.24) is 4.90 Å². The summed E-state index contributed by atoms with van der Waals surface area (Å²) in [6, 6.07) is 9.00. The van der Waals surface area contributed by atoms with Crippen LogP contribution in [0.2, 0.25) is 0 Å². The van der Waals surface area contributed by atoms with Crippen LogP contribution in [-0.2, 0) is 20.7 Å². The number of benzene rings is 1. The summed E-state index contributed by atoms with van der Waals surface area (Å²) in [5.41, 5.74) is 1.45. The number of methoxy groups -OCH3 is 1. The van der Waals surface area contributed by atoms with Crippen LogP contribution >= 0.6 is 0 Å². The number of rotatable bonds is 3. The molecular formula is C15H16N2O3. The van der Waals surface area contributed by atoms with Gasteiger partial charge in [-0.15, -0.1) is 0 Å². The van der Waals surface area contributed by atoms with Gasteiger partial charge in [-0.05, 0) is 24.1 Å². The Labute approximate surface area is 117 Å². The van der Waals surface area contributed by atoms with Crippen LogP contribution in [0, 0.1) is 17.2 Å². The van der Waals surface area contributed by atoms with Gasteiger partial charge in [0.1, 0.15) is 0 Å². The van der Waals surface area contributed by atoms with Gasteiger partial charge >= 0.3 is 5.97 Å². The molecular weight excluding hydrogens is 256 g/mol. The summed E-state index contributed by atoms with van der Waals surface area (Å²) in [4.78, 5) is 25.2. The monoisotopic (exact) mass is 272 g/mol. The number of carbonyl (C=O) groups is 2. The summed E-state index contributed by atoms with van der Waals surface area (Å²) in [5.74, 6) is -0.454. The maximum Gasteiger partial charge on any atom is 0.310 e. The molecule has 2 rings (SSSR count). The molecule has 0 bridgehead atoms. The van der Waals surface area contributed by atoms with Crippen molar-refractivity contribution in [2.75, 3.05) is 20.2 Å². The van der Waals surface area contributed by atoms with Gasteiger partial charge in [0.15, 0.2) is 0 Å². The number of nitrogens with zero attached hydrogens (tertiary/aromatic N) is 2. The number of hydrogen-bond acceptors (Lipinski definition) is 4. The van der Waals surface area contributed by atoms with Gasteiger partial charge < -0.3 is 9.64 Å². The molecule has 1 aromatic carbocycles. The minimum atomic E-state index is -0.251. The maximum atomic E-state index is 12.1. The van der Waals surface area contributed by atoms with Gasteiger partial charge in [-0.3, -0.25) is 9.59 Å². The van der Waals surface area contributed by atoms with Gasteiger partial charge in [0.25, 0.3) is 0 Å². The number of likely N-dealkylation sites (tertiary alicyclic amines) is 1. The van der Waals surface area contributed by atoms with E-state index in [-0.39, 0.29) is 17.8 Å². The summed E-state index contributed by atoms with van der Waals surface area (Å²) in [6.07, 6.45) is 0.950. The molecule has 104 valence electrons. The molecule has 1 unspecified atom stereocenters. The van der Waals surface area contributed by atoms with E-state index >= 15 is 0 Å². The summed E-state index contributed by atoms with van der Waals surface area (Å²) in [6.45, 7) is 1.02. The number of esters is 1. The Hall–Kier alpha value is -2.35. The van der Waals surface area contributed by atoms with Crippen LogP contribution in [0.4, 0.5) is 0 Å². The lowest BCUT2D eigenvalue weighted by Crippen LogP contribution is -2.31. The Balaban J connectivity index is 1.92. The van der Waals surface area contributed by atoms with E-state index in [0.717, 1.165) is 5.56 Å². The topological polar surface area (TPSA) is 70.4 Å². The van der Waals surface area contributed by atoms with E-state index in [4.69, 9.17) is 10.00 Å². The molecule has 0 aliphatic carbocycles. The maximum absolute atomic E-state index is 12.1. The van der Waals surface area contributed by atoms with E-state index in [1.807, 2.05) is 6.07 Å². The average molecular weight is 272 g/mol. The van der Waals surface area contributed by atoms with Crippen LogP contribution in [-0.4, -0.2) is 37.0 Å². The van der Waals surface area contributed by atoms with Gasteiger partial charge in [0.2, 0.25) is 5.91 Å². The Morgan fingerprint density at radius 3 is 2.70 bits per heavy atom. The highest BCUT2D eigenvalue weighted by molar-refractivity contribution is 5.81. The molecule has 1 saturated heterocycles. The fourth-order valence-electron chi connectivity index (χ4n) is 2.33. The van der Waals surface area contributed by atoms with E-state index in [2.05, 4.69) is 0 Å². The second-order valence-corrected chi connectivity index (χ2v) is 4.83. The van der Waals surface area contributed by atoms with Crippen LogP contribution in [0.15, 0.2) is 24.3 Å². The van der Waals surface area contributed by atoms with Gasteiger partial charge in [-0.1, -0.05) is 12.1 Å². The fourth-order valence-corrected chi connectivity index (χ4v) is 2.33. The molecule has 5 heteroatoms. The van der Waals surface area contributed by atoms with Crippen molar-refractivity contribution >= 4 is 11.9 Å². The predicted octanol–water partition coefficient (Wildman–Crippen LogP) is 1.12. The van der Waals surface area contributed by atoms with Crippen molar-refractivity contribution in [2.45, 2.75) is 12.8 Å². The molecule has 1 amide bonds. The van der Waals surface area contributed by atoms with Gasteiger partial charge in [-0.25, -0.2) is 0 Å². The highest BCUT2D eigenvalue weighted by Crippen LogP contribution is 2.18. The van der Waals surface area contributed by atoms with Crippen molar-refractivity contribution < 1.29 is 14.3 Å². The molecule has 1 fully saturated rings. The van der Waals surface area contributed by atoms with Gasteiger partial charge in [-0.2, -0.15) is 5.26 Å². The van der Waals surface area contributed by atoms with Crippen LogP contribution in [0.3, 0.4) is 0 Å². The average Bonchev–Trinajstić information content (AvgIpc) is 2.97. The minimum Gasteiger partial charge on any atom is -0.469 e. The molecule has 1 heterocycles. The lowest BCUT2D eigenvalue weighted by atomic mass is 10.1. The normalized spacial score (nSPS) is 17.6. The van der Waals surface area contributed by atoms with E-state index < -0.39 is 0 Å². The van der Waals surface area contributed by atoms with Crippen molar-refractivity contribution in [3.63, 3.8) is 0 Å². The molecule has 0 N–H and O–H groups in total. The molecule has 5 nitrogen and oxygen atoms in total. The van der Waals surface area contributed by atoms with Gasteiger partial charge in [0, 0.05) is 13.1 Å². The zero-order valence-corrected chi connectivity index (χ0v) is 11.3. The smallest absolute Gasteiger partial charge is 0.310 e. The first kappa shape index (κ1) is 14.1. The zero-order valence-electron chi connectivity index (χ0n) is 11.3. The number of amides is 1. The third kappa shape index (κ3) is 3.15. The minimum absolute atomic E-state index is 0.00103. The molecule has 1 aliphatic rings. The summed E-state index contributed by atoms with van der Waals surface area (Å²) < 4.78 is 4.70. The van der Waals surface area contributed by atoms with Crippen LogP contribution in [0.5, 0.6) is 0 Å². The SMILES string of the molecule is COC(=O)C1CCN(C(=O)Cc2ccc(C#N)cc2)C1. The Kier molecular flexibility index (Phi) is 4.36. The van der Waals surface area contributed by atoms with Crippen LogP contribution in [0.1, 0.15) is 17.5 Å². The third-order valence-electron chi connectivity index (χ3n) is 3.51. The predicted molar refractivity (Wildman–Crippen MR) is 71.6 cm³/mol. The molecule has 1 aromatic rings. The Bertz CT molecular complexity index is 545. The molecule has 0 aromatic heterocycles. The second kappa shape index (κ2) is 6.20. The Morgan fingerprint density at radius 2 is 2.10 bits per heavy atom. The Morgan fingerprint density at radius 1 is 1.40 bits per heavy atom. The number of carbonyl (C=O) groups excluding carboxylic acids is 2. The quantitative estimate of drug-likeness (QED) is 0.773. The van der Waals surface area contributed by atoms with Crippen molar-refractivity contribution in [2.24, 2.45) is 5.92 Å². The van der Waals surface area contributed by atoms with E-state index in [1.165, 1.54) is 7.11 Å². The number of ether oxygens (including phenoxy) is 1. The van der Waals surface area contributed by atoms with Crippen molar-refractivity contribution in [3.05, 3.63) is 35.4 Å². The lowest BCUT2D eigenvalue weighted by Gasteiger charge is -2.16. The van der Waals surface area contributed by atoms with Crippen molar-refractivity contribution in [1.29, 1.82) is 5.26 Å². The first-order valence-corrected chi connectivity index (χ1v) is 6.48. The zero-order chi connectivity index (χ0) is 14.5.